The molecule has 0 aliphatic heterocycles. The van der Waals surface area contributed by atoms with Crippen LogP contribution in [0.2, 0.25) is 0 Å². The van der Waals surface area contributed by atoms with Gasteiger partial charge in [-0.2, -0.15) is 17.2 Å². The van der Waals surface area contributed by atoms with E-state index in [4.69, 9.17) is 14.8 Å². The largest absolute Gasteiger partial charge is 2.00 e. The molecule has 0 radical (unpaired) electrons. The van der Waals surface area contributed by atoms with Gasteiger partial charge in [0.1, 0.15) is 5.82 Å². The molecule has 47 heavy (non-hydrogen) atoms. The minimum Gasteiger partial charge on any atom is -0.509 e. The number of hydrogen-bond donors (Lipinski definition) is 0. The SMILES string of the molecule is CCCCc1nn(-c2[c-]c(Oc3[c-]c4c(cc3)c3ccccc3n4-c3cc(C)ccn3)ccc2)c(CCCC)c1-c1ccccc1.[Pt+2]. The molecule has 0 spiro atoms. The monoisotopic (exact) mass is 797 g/mol. The van der Waals surface area contributed by atoms with Crippen LogP contribution < -0.4 is 4.74 Å². The molecule has 0 bridgehead atoms. The fraction of sp³-hybridized carbons (Fsp3) is 0.220. The van der Waals surface area contributed by atoms with Crippen molar-refractivity contribution in [3.8, 4) is 34.1 Å². The van der Waals surface area contributed by atoms with Gasteiger partial charge in [-0.25, -0.2) is 4.98 Å². The first kappa shape index (κ1) is 32.5. The number of hydrogen-bond acceptors (Lipinski definition) is 3. The second-order valence-electron chi connectivity index (χ2n) is 11.9. The maximum Gasteiger partial charge on any atom is 2.00 e. The topological polar surface area (TPSA) is 44.9 Å². The van der Waals surface area contributed by atoms with E-state index < -0.39 is 0 Å². The molecule has 238 valence electrons. The van der Waals surface area contributed by atoms with Crippen LogP contribution in [0.5, 0.6) is 11.5 Å². The van der Waals surface area contributed by atoms with Crippen LogP contribution >= 0.6 is 0 Å². The minimum atomic E-state index is 0. The molecule has 0 saturated heterocycles. The van der Waals surface area contributed by atoms with E-state index in [0.29, 0.717) is 11.5 Å². The number of para-hydroxylation sites is 1. The van der Waals surface area contributed by atoms with Gasteiger partial charge in [-0.05, 0) is 73.0 Å². The molecule has 3 aromatic heterocycles. The van der Waals surface area contributed by atoms with Crippen LogP contribution in [0.1, 0.15) is 56.5 Å². The summed E-state index contributed by atoms with van der Waals surface area (Å²) in [6, 6.07) is 40.5. The van der Waals surface area contributed by atoms with Gasteiger partial charge in [0, 0.05) is 34.5 Å². The first-order valence-electron chi connectivity index (χ1n) is 16.4. The number of pyridine rings is 1. The zero-order valence-electron chi connectivity index (χ0n) is 27.1. The molecule has 3 heterocycles. The van der Waals surface area contributed by atoms with Gasteiger partial charge in [-0.15, -0.1) is 35.7 Å². The Morgan fingerprint density at radius 1 is 0.745 bits per heavy atom. The van der Waals surface area contributed by atoms with Gasteiger partial charge < -0.3 is 9.30 Å². The summed E-state index contributed by atoms with van der Waals surface area (Å²) < 4.78 is 10.7. The third kappa shape index (κ3) is 6.55. The molecule has 7 rings (SSSR count). The molecule has 0 atom stereocenters. The summed E-state index contributed by atoms with van der Waals surface area (Å²) in [5, 5.41) is 7.49. The Morgan fingerprint density at radius 3 is 2.32 bits per heavy atom. The van der Waals surface area contributed by atoms with E-state index in [1.807, 2.05) is 30.5 Å². The smallest absolute Gasteiger partial charge is 0.509 e. The maximum absolute atomic E-state index is 6.48. The van der Waals surface area contributed by atoms with Crippen molar-refractivity contribution in [3.05, 3.63) is 132 Å². The maximum atomic E-state index is 6.48. The average molecular weight is 798 g/mol. The third-order valence-corrected chi connectivity index (χ3v) is 8.54. The number of benzene rings is 4. The van der Waals surface area contributed by atoms with Crippen LogP contribution in [-0.2, 0) is 33.9 Å². The molecule has 0 aliphatic carbocycles. The second-order valence-corrected chi connectivity index (χ2v) is 11.9. The van der Waals surface area contributed by atoms with Crippen molar-refractivity contribution in [2.45, 2.75) is 59.3 Å². The Hall–Kier alpha value is -4.47. The normalized spacial score (nSPS) is 11.2. The molecule has 0 unspecified atom stereocenters. The van der Waals surface area contributed by atoms with Crippen LogP contribution in [0.3, 0.4) is 0 Å². The van der Waals surface area contributed by atoms with Crippen molar-refractivity contribution < 1.29 is 25.8 Å². The number of aryl methyl sites for hydroxylation is 2. The molecule has 0 aliphatic rings. The Kier molecular flexibility index (Phi) is 10.0. The second kappa shape index (κ2) is 14.5. The molecule has 6 heteroatoms. The summed E-state index contributed by atoms with van der Waals surface area (Å²) >= 11 is 0. The quantitative estimate of drug-likeness (QED) is 0.123. The average Bonchev–Trinajstić information content (AvgIpc) is 3.62. The zero-order valence-corrected chi connectivity index (χ0v) is 29.3. The number of unbranched alkanes of at least 4 members (excludes halogenated alkanes) is 2. The first-order chi connectivity index (χ1) is 22.6. The molecule has 0 saturated carbocycles. The van der Waals surface area contributed by atoms with Crippen molar-refractivity contribution in [3.63, 3.8) is 0 Å². The number of fused-ring (bicyclic) bond motifs is 3. The molecule has 0 fully saturated rings. The van der Waals surface area contributed by atoms with Gasteiger partial charge in [0.15, 0.2) is 0 Å². The molecule has 7 aromatic rings. The van der Waals surface area contributed by atoms with Crippen molar-refractivity contribution in [1.82, 2.24) is 19.3 Å². The fourth-order valence-electron chi connectivity index (χ4n) is 6.29. The van der Waals surface area contributed by atoms with Crippen LogP contribution in [-0.4, -0.2) is 19.3 Å². The summed E-state index contributed by atoms with van der Waals surface area (Å²) in [6.45, 7) is 6.56. The van der Waals surface area contributed by atoms with Crippen molar-refractivity contribution in [1.29, 1.82) is 0 Å². The van der Waals surface area contributed by atoms with Crippen LogP contribution in [0.4, 0.5) is 0 Å². The van der Waals surface area contributed by atoms with Crippen LogP contribution in [0.15, 0.2) is 103 Å². The molecule has 0 amide bonds. The molecular formula is C41H38N4OPt. The predicted octanol–water partition coefficient (Wildman–Crippen LogP) is 10.4. The van der Waals surface area contributed by atoms with E-state index >= 15 is 0 Å². The van der Waals surface area contributed by atoms with Gasteiger partial charge in [0.05, 0.1) is 5.69 Å². The molecular weight excluding hydrogens is 760 g/mol. The van der Waals surface area contributed by atoms with E-state index in [1.54, 1.807) is 0 Å². The first-order valence-corrected chi connectivity index (χ1v) is 16.4. The summed E-state index contributed by atoms with van der Waals surface area (Å²) in [5.74, 6) is 2.11. The Labute approximate surface area is 291 Å². The van der Waals surface area contributed by atoms with Crippen molar-refractivity contribution in [2.75, 3.05) is 0 Å². The van der Waals surface area contributed by atoms with Gasteiger partial charge >= 0.3 is 21.1 Å². The Balaban J connectivity index is 0.00000386. The molecule has 5 nitrogen and oxygen atoms in total. The van der Waals surface area contributed by atoms with Gasteiger partial charge in [0.2, 0.25) is 0 Å². The minimum absolute atomic E-state index is 0. The standard InChI is InChI=1S/C41H38N4O.Pt/c1-4-6-19-36-41(30-14-9-8-10-15-30)38(20-7-5-2)45(43-36)31-16-13-17-32(27-31)46-33-22-23-35-34-18-11-12-21-37(34)44(39(35)28-33)40-26-29(3)24-25-42-40;/h8-18,21-26H,4-7,19-20H2,1-3H3;/q-2;+2. The fourth-order valence-corrected chi connectivity index (χ4v) is 6.29. The van der Waals surface area contributed by atoms with Gasteiger partial charge in [-0.1, -0.05) is 80.7 Å². The van der Waals surface area contributed by atoms with E-state index in [9.17, 15) is 0 Å². The number of aromatic nitrogens is 4. The Bertz CT molecular complexity index is 2130. The summed E-state index contributed by atoms with van der Waals surface area (Å²) in [5.41, 5.74) is 8.91. The van der Waals surface area contributed by atoms with E-state index in [-0.39, 0.29) is 21.1 Å². The molecule has 0 N–H and O–H groups in total. The van der Waals surface area contributed by atoms with E-state index in [0.717, 1.165) is 83.1 Å². The van der Waals surface area contributed by atoms with Crippen LogP contribution in [0.25, 0.3) is 44.4 Å². The summed E-state index contributed by atoms with van der Waals surface area (Å²) in [4.78, 5) is 4.71. The van der Waals surface area contributed by atoms with Crippen molar-refractivity contribution in [2.24, 2.45) is 0 Å². The summed E-state index contributed by atoms with van der Waals surface area (Å²) in [7, 11) is 0. The van der Waals surface area contributed by atoms with Crippen molar-refractivity contribution >= 4 is 21.8 Å². The van der Waals surface area contributed by atoms with Crippen LogP contribution in [0, 0.1) is 19.1 Å². The predicted molar refractivity (Wildman–Crippen MR) is 187 cm³/mol. The van der Waals surface area contributed by atoms with Gasteiger partial charge in [0.25, 0.3) is 0 Å². The Morgan fingerprint density at radius 2 is 1.51 bits per heavy atom. The number of nitrogens with zero attached hydrogens (tertiary/aromatic N) is 4. The zero-order chi connectivity index (χ0) is 31.5. The summed E-state index contributed by atoms with van der Waals surface area (Å²) in [6.07, 6.45) is 8.18. The third-order valence-electron chi connectivity index (χ3n) is 8.54. The number of rotatable bonds is 11. The van der Waals surface area contributed by atoms with E-state index in [2.05, 4.69) is 115 Å². The van der Waals surface area contributed by atoms with E-state index in [1.165, 1.54) is 16.8 Å². The molecule has 4 aromatic carbocycles. The number of ether oxygens (including phenoxy) is 1. The van der Waals surface area contributed by atoms with Gasteiger partial charge in [-0.3, -0.25) is 4.68 Å².